The summed E-state index contributed by atoms with van der Waals surface area (Å²) >= 11 is 0. The minimum Gasteiger partial charge on any atom is -0.393 e. The number of allylic oxidation sites excluding steroid dienone is 3. The van der Waals surface area contributed by atoms with Crippen LogP contribution in [-0.4, -0.2) is 35.1 Å². The summed E-state index contributed by atoms with van der Waals surface area (Å²) in [5.74, 6) is 1.95. The molecule has 0 heterocycles. The lowest BCUT2D eigenvalue weighted by Gasteiger charge is -2.44. The van der Waals surface area contributed by atoms with Crippen LogP contribution < -0.4 is 0 Å². The van der Waals surface area contributed by atoms with Gasteiger partial charge in [-0.3, -0.25) is 0 Å². The zero-order chi connectivity index (χ0) is 21.2. The Balaban J connectivity index is 1.71. The number of hydrogen-bond donors (Lipinski definition) is 2. The number of aliphatic hydroxyl groups is 2. The Labute approximate surface area is 177 Å². The van der Waals surface area contributed by atoms with Crippen LogP contribution in [0.2, 0.25) is 0 Å². The molecule has 29 heavy (non-hydrogen) atoms. The van der Waals surface area contributed by atoms with Gasteiger partial charge in [0, 0.05) is 13.0 Å². The van der Waals surface area contributed by atoms with Gasteiger partial charge in [0.2, 0.25) is 0 Å². The van der Waals surface area contributed by atoms with Crippen LogP contribution in [0.4, 0.5) is 0 Å². The van der Waals surface area contributed by atoms with Crippen molar-refractivity contribution in [2.24, 2.45) is 23.2 Å². The third kappa shape index (κ3) is 5.06. The van der Waals surface area contributed by atoms with Crippen molar-refractivity contribution in [2.45, 2.75) is 97.4 Å². The Morgan fingerprint density at radius 1 is 1.21 bits per heavy atom. The molecule has 3 aliphatic rings. The molecule has 3 fully saturated rings. The summed E-state index contributed by atoms with van der Waals surface area (Å²) in [6.07, 6.45) is 12.0. The van der Waals surface area contributed by atoms with Crippen molar-refractivity contribution in [1.82, 2.24) is 0 Å². The summed E-state index contributed by atoms with van der Waals surface area (Å²) < 4.78 is 6.28. The number of rotatable bonds is 6. The van der Waals surface area contributed by atoms with Gasteiger partial charge in [0.05, 0.1) is 18.3 Å². The molecule has 0 aromatic rings. The highest BCUT2D eigenvalue weighted by Gasteiger charge is 2.51. The molecular formula is C26H42O3. The zero-order valence-corrected chi connectivity index (χ0v) is 19.0. The van der Waals surface area contributed by atoms with Gasteiger partial charge in [-0.05, 0) is 86.2 Å². The molecule has 0 saturated heterocycles. The lowest BCUT2D eigenvalue weighted by Crippen LogP contribution is -2.38. The number of fused-ring (bicyclic) bond motifs is 1. The SMILES string of the molecule is C=C1/C(=C\C=C2CCC[C@@]3(C)C2CC[C@@H]3[C@H](C)OCCC(C)C)C[C@@H](O)C[C@H]1O. The van der Waals surface area contributed by atoms with Gasteiger partial charge in [-0.15, -0.1) is 0 Å². The summed E-state index contributed by atoms with van der Waals surface area (Å²) in [7, 11) is 0. The average molecular weight is 403 g/mol. The van der Waals surface area contributed by atoms with Crippen LogP contribution in [-0.2, 0) is 4.74 Å². The van der Waals surface area contributed by atoms with E-state index in [1.54, 1.807) is 5.57 Å². The van der Waals surface area contributed by atoms with Crippen LogP contribution in [0, 0.1) is 23.2 Å². The molecule has 1 unspecified atom stereocenters. The predicted octanol–water partition coefficient (Wildman–Crippen LogP) is 5.58. The minimum atomic E-state index is -0.611. The second kappa shape index (κ2) is 9.49. The summed E-state index contributed by atoms with van der Waals surface area (Å²) in [5.41, 5.74) is 3.66. The monoisotopic (exact) mass is 402 g/mol. The third-order valence-corrected chi connectivity index (χ3v) is 7.94. The molecule has 0 aromatic carbocycles. The Kier molecular flexibility index (Phi) is 7.46. The summed E-state index contributed by atoms with van der Waals surface area (Å²) in [4.78, 5) is 0. The van der Waals surface area contributed by atoms with Crippen LogP contribution in [0.15, 0.2) is 35.5 Å². The molecule has 3 aliphatic carbocycles. The predicted molar refractivity (Wildman–Crippen MR) is 120 cm³/mol. The lowest BCUT2D eigenvalue weighted by molar-refractivity contribution is -0.0279. The van der Waals surface area contributed by atoms with E-state index in [4.69, 9.17) is 4.74 Å². The van der Waals surface area contributed by atoms with E-state index in [1.807, 2.05) is 0 Å². The van der Waals surface area contributed by atoms with Crippen molar-refractivity contribution >= 4 is 0 Å². The van der Waals surface area contributed by atoms with Gasteiger partial charge in [-0.2, -0.15) is 0 Å². The van der Waals surface area contributed by atoms with Crippen LogP contribution in [0.25, 0.3) is 0 Å². The molecule has 0 bridgehead atoms. The van der Waals surface area contributed by atoms with E-state index < -0.39 is 12.2 Å². The molecule has 164 valence electrons. The van der Waals surface area contributed by atoms with Crippen molar-refractivity contribution in [1.29, 1.82) is 0 Å². The maximum absolute atomic E-state index is 10.1. The quantitative estimate of drug-likeness (QED) is 0.610. The first kappa shape index (κ1) is 22.8. The lowest BCUT2D eigenvalue weighted by atomic mass is 9.62. The second-order valence-electron chi connectivity index (χ2n) is 10.4. The first-order valence-corrected chi connectivity index (χ1v) is 11.8. The molecule has 3 saturated carbocycles. The first-order chi connectivity index (χ1) is 13.7. The molecule has 0 aromatic heterocycles. The largest absolute Gasteiger partial charge is 0.393 e. The smallest absolute Gasteiger partial charge is 0.0811 e. The Morgan fingerprint density at radius 2 is 1.97 bits per heavy atom. The Hall–Kier alpha value is -0.900. The van der Waals surface area contributed by atoms with Crippen molar-refractivity contribution in [2.75, 3.05) is 6.61 Å². The summed E-state index contributed by atoms with van der Waals surface area (Å²) in [6, 6.07) is 0. The van der Waals surface area contributed by atoms with E-state index in [0.717, 1.165) is 30.6 Å². The molecule has 0 spiro atoms. The highest BCUT2D eigenvalue weighted by Crippen LogP contribution is 2.58. The molecule has 0 aliphatic heterocycles. The summed E-state index contributed by atoms with van der Waals surface area (Å²) in [6.45, 7) is 14.2. The van der Waals surface area contributed by atoms with E-state index in [0.29, 0.717) is 42.1 Å². The van der Waals surface area contributed by atoms with Crippen LogP contribution in [0.3, 0.4) is 0 Å². The van der Waals surface area contributed by atoms with Crippen molar-refractivity contribution in [3.05, 3.63) is 35.5 Å². The normalized spacial score (nSPS) is 39.3. The van der Waals surface area contributed by atoms with E-state index >= 15 is 0 Å². The fourth-order valence-electron chi connectivity index (χ4n) is 6.12. The van der Waals surface area contributed by atoms with E-state index in [9.17, 15) is 10.2 Å². The first-order valence-electron chi connectivity index (χ1n) is 11.8. The standard InChI is InChI=1S/C26H42O3/c1-17(2)12-14-29-19(4)23-10-11-24-20(7-6-13-26(23,24)5)8-9-21-15-22(27)16-25(28)18(21)3/h8-9,17,19,22-25,27-28H,3,6-7,10-16H2,1-2,4-5H3/b20-8?,21-9-/t19-,22+,23+,24?,25+,26+/m0/s1. The van der Waals surface area contributed by atoms with Crippen LogP contribution in [0.5, 0.6) is 0 Å². The molecule has 3 nitrogen and oxygen atoms in total. The van der Waals surface area contributed by atoms with Crippen molar-refractivity contribution < 1.29 is 14.9 Å². The molecule has 0 amide bonds. The van der Waals surface area contributed by atoms with Gasteiger partial charge in [-0.1, -0.05) is 45.1 Å². The van der Waals surface area contributed by atoms with Gasteiger partial charge < -0.3 is 14.9 Å². The summed E-state index contributed by atoms with van der Waals surface area (Å²) in [5, 5.41) is 20.1. The minimum absolute atomic E-state index is 0.322. The molecular weight excluding hydrogens is 360 g/mol. The van der Waals surface area contributed by atoms with E-state index in [-0.39, 0.29) is 0 Å². The topological polar surface area (TPSA) is 49.7 Å². The van der Waals surface area contributed by atoms with Gasteiger partial charge >= 0.3 is 0 Å². The van der Waals surface area contributed by atoms with E-state index in [1.165, 1.54) is 25.7 Å². The number of aliphatic hydroxyl groups excluding tert-OH is 2. The maximum Gasteiger partial charge on any atom is 0.0811 e. The molecule has 3 rings (SSSR count). The molecule has 0 radical (unpaired) electrons. The van der Waals surface area contributed by atoms with E-state index in [2.05, 4.69) is 46.4 Å². The molecule has 6 atom stereocenters. The maximum atomic E-state index is 10.1. The molecule has 2 N–H and O–H groups in total. The Bertz CT molecular complexity index is 646. The van der Waals surface area contributed by atoms with Gasteiger partial charge in [-0.25, -0.2) is 0 Å². The van der Waals surface area contributed by atoms with Gasteiger partial charge in [0.1, 0.15) is 0 Å². The highest BCUT2D eigenvalue weighted by molar-refractivity contribution is 5.38. The van der Waals surface area contributed by atoms with Crippen LogP contribution >= 0.6 is 0 Å². The fraction of sp³-hybridized carbons (Fsp3) is 0.769. The van der Waals surface area contributed by atoms with Gasteiger partial charge in [0.25, 0.3) is 0 Å². The fourth-order valence-corrected chi connectivity index (χ4v) is 6.12. The number of hydrogen-bond acceptors (Lipinski definition) is 3. The number of ether oxygens (including phenoxy) is 1. The van der Waals surface area contributed by atoms with Gasteiger partial charge in [0.15, 0.2) is 0 Å². The highest BCUT2D eigenvalue weighted by atomic mass is 16.5. The second-order valence-corrected chi connectivity index (χ2v) is 10.4. The van der Waals surface area contributed by atoms with Crippen molar-refractivity contribution in [3.8, 4) is 0 Å². The Morgan fingerprint density at radius 3 is 2.69 bits per heavy atom. The van der Waals surface area contributed by atoms with Crippen LogP contribution in [0.1, 0.15) is 79.1 Å². The zero-order valence-electron chi connectivity index (χ0n) is 19.0. The van der Waals surface area contributed by atoms with Crippen molar-refractivity contribution in [3.63, 3.8) is 0 Å². The molecule has 3 heteroatoms. The average Bonchev–Trinajstić information content (AvgIpc) is 3.00. The third-order valence-electron chi connectivity index (χ3n) is 7.94.